The van der Waals surface area contributed by atoms with E-state index in [0.29, 0.717) is 17.4 Å². The van der Waals surface area contributed by atoms with Crippen LogP contribution in [0.3, 0.4) is 0 Å². The van der Waals surface area contributed by atoms with Crippen LogP contribution in [0.2, 0.25) is 0 Å². The van der Waals surface area contributed by atoms with Crippen molar-refractivity contribution in [3.05, 3.63) is 95.3 Å². The smallest absolute Gasteiger partial charge is 0.303 e. The van der Waals surface area contributed by atoms with E-state index in [1.807, 2.05) is 48.5 Å². The third-order valence-electron chi connectivity index (χ3n) is 6.94. The van der Waals surface area contributed by atoms with Gasteiger partial charge in [-0.05, 0) is 80.5 Å². The summed E-state index contributed by atoms with van der Waals surface area (Å²) in [5.41, 5.74) is 7.40. The van der Waals surface area contributed by atoms with Crippen LogP contribution in [0.1, 0.15) is 47.6 Å². The second kappa shape index (κ2) is 11.1. The molecule has 0 bridgehead atoms. The maximum absolute atomic E-state index is 11.4. The maximum Gasteiger partial charge on any atom is 0.303 e. The molecular formula is C32H32N2O4. The first kappa shape index (κ1) is 25.5. The highest BCUT2D eigenvalue weighted by molar-refractivity contribution is 5.81. The Morgan fingerprint density at radius 3 is 2.47 bits per heavy atom. The Morgan fingerprint density at radius 2 is 1.76 bits per heavy atom. The van der Waals surface area contributed by atoms with Crippen molar-refractivity contribution >= 4 is 5.97 Å². The highest BCUT2D eigenvalue weighted by Gasteiger charge is 2.33. The summed E-state index contributed by atoms with van der Waals surface area (Å²) in [5.74, 6) is 1.13. The number of hydrogen-bond acceptors (Lipinski definition) is 5. The Balaban J connectivity index is 1.46. The van der Waals surface area contributed by atoms with E-state index in [2.05, 4.69) is 32.0 Å². The van der Waals surface area contributed by atoms with Crippen molar-refractivity contribution in [2.75, 3.05) is 7.11 Å². The number of carboxylic acids is 1. The van der Waals surface area contributed by atoms with Crippen molar-refractivity contribution in [3.63, 3.8) is 0 Å². The molecule has 6 heteroatoms. The average Bonchev–Trinajstić information content (AvgIpc) is 3.75. The minimum atomic E-state index is -0.766. The molecule has 1 saturated carbocycles. The second-order valence-electron chi connectivity index (χ2n) is 10.0. The number of hydrogen-bond donors (Lipinski definition) is 1. The zero-order valence-corrected chi connectivity index (χ0v) is 22.0. The van der Waals surface area contributed by atoms with Crippen LogP contribution in [0.15, 0.2) is 72.9 Å². The van der Waals surface area contributed by atoms with Crippen LogP contribution in [-0.2, 0) is 11.4 Å². The van der Waals surface area contributed by atoms with Crippen LogP contribution in [0.25, 0.3) is 22.5 Å². The Morgan fingerprint density at radius 1 is 1.00 bits per heavy atom. The highest BCUT2D eigenvalue weighted by Crippen LogP contribution is 2.45. The molecule has 4 aromatic rings. The number of carbonyl (C=O) groups is 1. The lowest BCUT2D eigenvalue weighted by Crippen LogP contribution is -2.09. The molecule has 0 spiro atoms. The van der Waals surface area contributed by atoms with Gasteiger partial charge in [-0.3, -0.25) is 9.78 Å². The number of carboxylic acid groups (broad SMARTS) is 1. The SMILES string of the molecule is COc1ccccc1-c1ncc(COc2cccc(C(CC(=O)O)C3CC3)c2)nc1-c1cc(C)cc(C)c1. The van der Waals surface area contributed by atoms with Gasteiger partial charge in [0.1, 0.15) is 23.8 Å². The third-order valence-corrected chi connectivity index (χ3v) is 6.94. The monoisotopic (exact) mass is 508 g/mol. The van der Waals surface area contributed by atoms with Crippen LogP contribution in [-0.4, -0.2) is 28.2 Å². The van der Waals surface area contributed by atoms with Gasteiger partial charge in [-0.25, -0.2) is 4.98 Å². The predicted octanol–water partition coefficient (Wildman–Crippen LogP) is 6.98. The fraction of sp³-hybridized carbons (Fsp3) is 0.281. The maximum atomic E-state index is 11.4. The zero-order valence-electron chi connectivity index (χ0n) is 22.0. The number of nitrogens with zero attached hydrogens (tertiary/aromatic N) is 2. The molecular weight excluding hydrogens is 476 g/mol. The molecule has 194 valence electrons. The molecule has 0 saturated heterocycles. The lowest BCUT2D eigenvalue weighted by molar-refractivity contribution is -0.137. The van der Waals surface area contributed by atoms with Gasteiger partial charge in [0, 0.05) is 11.1 Å². The van der Waals surface area contributed by atoms with Gasteiger partial charge in [0.15, 0.2) is 0 Å². The van der Waals surface area contributed by atoms with Gasteiger partial charge in [0.2, 0.25) is 0 Å². The molecule has 0 aliphatic heterocycles. The normalized spacial score (nSPS) is 13.7. The molecule has 1 heterocycles. The topological polar surface area (TPSA) is 81.5 Å². The summed E-state index contributed by atoms with van der Waals surface area (Å²) in [7, 11) is 1.66. The van der Waals surface area contributed by atoms with Gasteiger partial charge in [-0.15, -0.1) is 0 Å². The molecule has 3 aromatic carbocycles. The molecule has 6 nitrogen and oxygen atoms in total. The average molecular weight is 509 g/mol. The number of para-hydroxylation sites is 1. The van der Waals surface area contributed by atoms with E-state index in [4.69, 9.17) is 19.4 Å². The Bertz CT molecular complexity index is 1440. The standard InChI is InChI=1S/C32H32N2O4/c1-20-13-21(2)15-24(14-20)31-32(27-9-4-5-10-29(27)37-3)33-18-25(34-31)19-38-26-8-6-7-23(16-26)28(17-30(35)36)22-11-12-22/h4-10,13-16,18,22,28H,11-12,17,19H2,1-3H3,(H,35,36). The Hall–Kier alpha value is -4.19. The number of aromatic nitrogens is 2. The number of methoxy groups -OCH3 is 1. The van der Waals surface area contributed by atoms with E-state index in [9.17, 15) is 9.90 Å². The molecule has 38 heavy (non-hydrogen) atoms. The molecule has 0 amide bonds. The minimum Gasteiger partial charge on any atom is -0.496 e. The van der Waals surface area contributed by atoms with Gasteiger partial charge in [0.05, 0.1) is 31.1 Å². The quantitative estimate of drug-likeness (QED) is 0.249. The van der Waals surface area contributed by atoms with Crippen LogP contribution in [0.4, 0.5) is 0 Å². The van der Waals surface area contributed by atoms with Crippen molar-refractivity contribution in [2.45, 2.75) is 45.6 Å². The van der Waals surface area contributed by atoms with E-state index in [-0.39, 0.29) is 18.9 Å². The van der Waals surface area contributed by atoms with Crippen LogP contribution >= 0.6 is 0 Å². The fourth-order valence-electron chi connectivity index (χ4n) is 5.08. The first-order valence-corrected chi connectivity index (χ1v) is 12.9. The molecule has 1 unspecified atom stereocenters. The van der Waals surface area contributed by atoms with Crippen molar-refractivity contribution < 1.29 is 19.4 Å². The van der Waals surface area contributed by atoms with Gasteiger partial charge in [-0.2, -0.15) is 0 Å². The molecule has 1 aliphatic rings. The first-order valence-electron chi connectivity index (χ1n) is 12.9. The summed E-state index contributed by atoms with van der Waals surface area (Å²) in [6.45, 7) is 4.39. The number of aliphatic carboxylic acids is 1. The van der Waals surface area contributed by atoms with Crippen molar-refractivity contribution in [1.29, 1.82) is 0 Å². The fourth-order valence-corrected chi connectivity index (χ4v) is 5.08. The van der Waals surface area contributed by atoms with E-state index in [1.54, 1.807) is 13.3 Å². The molecule has 1 aliphatic carbocycles. The summed E-state index contributed by atoms with van der Waals surface area (Å²) >= 11 is 0. The van der Waals surface area contributed by atoms with E-state index in [1.165, 1.54) is 0 Å². The first-order chi connectivity index (χ1) is 18.4. The second-order valence-corrected chi connectivity index (χ2v) is 10.0. The summed E-state index contributed by atoms with van der Waals surface area (Å²) in [5, 5.41) is 9.38. The Kier molecular flexibility index (Phi) is 7.40. The minimum absolute atomic E-state index is 0.0205. The van der Waals surface area contributed by atoms with Gasteiger partial charge >= 0.3 is 5.97 Å². The largest absolute Gasteiger partial charge is 0.496 e. The molecule has 1 aromatic heterocycles. The van der Waals surface area contributed by atoms with Gasteiger partial charge in [0.25, 0.3) is 0 Å². The number of benzene rings is 3. The van der Waals surface area contributed by atoms with Crippen molar-refractivity contribution in [2.24, 2.45) is 5.92 Å². The summed E-state index contributed by atoms with van der Waals surface area (Å²) in [6.07, 6.45) is 4.05. The lowest BCUT2D eigenvalue weighted by Gasteiger charge is -2.16. The molecule has 1 fully saturated rings. The van der Waals surface area contributed by atoms with Crippen LogP contribution < -0.4 is 9.47 Å². The number of aryl methyl sites for hydroxylation is 2. The summed E-state index contributed by atoms with van der Waals surface area (Å²) in [4.78, 5) is 21.3. The molecule has 1 N–H and O–H groups in total. The Labute approximate surface area is 223 Å². The third kappa shape index (κ3) is 5.86. The molecule has 0 radical (unpaired) electrons. The van der Waals surface area contributed by atoms with Gasteiger partial charge < -0.3 is 14.6 Å². The predicted molar refractivity (Wildman–Crippen MR) is 147 cm³/mol. The van der Waals surface area contributed by atoms with Gasteiger partial charge in [-0.1, -0.05) is 41.5 Å². The molecule has 5 rings (SSSR count). The van der Waals surface area contributed by atoms with Crippen LogP contribution in [0, 0.1) is 19.8 Å². The number of ether oxygens (including phenoxy) is 2. The van der Waals surface area contributed by atoms with E-state index < -0.39 is 5.97 Å². The van der Waals surface area contributed by atoms with Crippen molar-refractivity contribution in [1.82, 2.24) is 9.97 Å². The lowest BCUT2D eigenvalue weighted by atomic mass is 9.91. The van der Waals surface area contributed by atoms with Crippen molar-refractivity contribution in [3.8, 4) is 34.0 Å². The molecule has 1 atom stereocenters. The summed E-state index contributed by atoms with van der Waals surface area (Å²) < 4.78 is 11.8. The van der Waals surface area contributed by atoms with Crippen LogP contribution in [0.5, 0.6) is 11.5 Å². The van der Waals surface area contributed by atoms with E-state index >= 15 is 0 Å². The number of rotatable bonds is 10. The highest BCUT2D eigenvalue weighted by atomic mass is 16.5. The van der Waals surface area contributed by atoms with E-state index in [0.717, 1.165) is 57.8 Å². The summed E-state index contributed by atoms with van der Waals surface area (Å²) in [6, 6.07) is 22.0. The zero-order chi connectivity index (χ0) is 26.6.